The van der Waals surface area contributed by atoms with Gasteiger partial charge in [0, 0.05) is 5.56 Å². The summed E-state index contributed by atoms with van der Waals surface area (Å²) in [5.74, 6) is 1.38. The van der Waals surface area contributed by atoms with Crippen LogP contribution in [0.5, 0.6) is 5.75 Å². The van der Waals surface area contributed by atoms with E-state index in [1.807, 2.05) is 42.5 Å². The second kappa shape index (κ2) is 6.15. The Balaban J connectivity index is 2.01. The quantitative estimate of drug-likeness (QED) is 0.677. The Morgan fingerprint density at radius 2 is 1.76 bits per heavy atom. The molecule has 1 heterocycles. The number of H-pyrrole nitrogens is 1. The van der Waals surface area contributed by atoms with Gasteiger partial charge in [-0.2, -0.15) is 0 Å². The highest BCUT2D eigenvalue weighted by Gasteiger charge is 2.38. The van der Waals surface area contributed by atoms with E-state index in [1.54, 1.807) is 6.07 Å². The van der Waals surface area contributed by atoms with E-state index >= 15 is 0 Å². The average Bonchev–Trinajstić information content (AvgIpc) is 2.53. The summed E-state index contributed by atoms with van der Waals surface area (Å²) in [6.07, 6.45) is 0. The molecule has 3 aromatic rings. The largest absolute Gasteiger partial charge is 0.543 e. The smallest absolute Gasteiger partial charge is 0.259 e. The molecule has 0 atom stereocenters. The average molecular weight is 353 g/mol. The van der Waals surface area contributed by atoms with Gasteiger partial charge in [-0.05, 0) is 42.4 Å². The zero-order valence-electron chi connectivity index (χ0n) is 15.4. The van der Waals surface area contributed by atoms with Crippen molar-refractivity contribution in [3.05, 3.63) is 58.9 Å². The Morgan fingerprint density at radius 3 is 2.48 bits per heavy atom. The van der Waals surface area contributed by atoms with E-state index in [9.17, 15) is 4.79 Å². The summed E-state index contributed by atoms with van der Waals surface area (Å²) in [5, 5.41) is 0.721. The molecule has 0 saturated heterocycles. The lowest BCUT2D eigenvalue weighted by atomic mass is 10.2. The molecule has 0 unspecified atom stereocenters. The van der Waals surface area contributed by atoms with E-state index in [4.69, 9.17) is 4.43 Å². The number of nitrogens with one attached hydrogen (secondary N) is 1. The summed E-state index contributed by atoms with van der Waals surface area (Å²) >= 11 is 0. The molecule has 130 valence electrons. The summed E-state index contributed by atoms with van der Waals surface area (Å²) in [6, 6.07) is 15.1. The van der Waals surface area contributed by atoms with Crippen molar-refractivity contribution in [1.82, 2.24) is 9.97 Å². The van der Waals surface area contributed by atoms with Crippen LogP contribution in [0.15, 0.2) is 53.3 Å². The molecule has 0 spiro atoms. The lowest BCUT2D eigenvalue weighted by Gasteiger charge is -2.36. The lowest BCUT2D eigenvalue weighted by Crippen LogP contribution is -2.43. The van der Waals surface area contributed by atoms with Crippen LogP contribution in [0.2, 0.25) is 18.1 Å². The SMILES string of the molecule is CC(C)(C)[Si](C)(C)Oc1cccc(-c2nc3ccccc3c(=O)[nH]2)c1. The van der Waals surface area contributed by atoms with Crippen LogP contribution in [0, 0.1) is 0 Å². The Labute approximate surface area is 149 Å². The zero-order chi connectivity index (χ0) is 18.2. The Hall–Kier alpha value is -2.40. The molecule has 5 heteroatoms. The summed E-state index contributed by atoms with van der Waals surface area (Å²) in [7, 11) is -1.92. The van der Waals surface area contributed by atoms with Gasteiger partial charge >= 0.3 is 0 Å². The predicted octanol–water partition coefficient (Wildman–Crippen LogP) is 4.97. The number of benzene rings is 2. The highest BCUT2D eigenvalue weighted by atomic mass is 28.4. The summed E-state index contributed by atoms with van der Waals surface area (Å²) < 4.78 is 6.37. The monoisotopic (exact) mass is 352 g/mol. The fourth-order valence-corrected chi connectivity index (χ4v) is 3.40. The molecule has 1 aromatic heterocycles. The maximum atomic E-state index is 12.3. The summed E-state index contributed by atoms with van der Waals surface area (Å²) in [5.41, 5.74) is 1.41. The topological polar surface area (TPSA) is 55.0 Å². The minimum atomic E-state index is -1.92. The molecule has 0 saturated carbocycles. The van der Waals surface area contributed by atoms with Crippen LogP contribution in [-0.2, 0) is 0 Å². The van der Waals surface area contributed by atoms with Crippen LogP contribution >= 0.6 is 0 Å². The number of nitrogens with zero attached hydrogens (tertiary/aromatic N) is 1. The molecule has 0 bridgehead atoms. The third-order valence-corrected chi connectivity index (χ3v) is 9.26. The van der Waals surface area contributed by atoms with E-state index in [2.05, 4.69) is 43.8 Å². The lowest BCUT2D eigenvalue weighted by molar-refractivity contribution is 0.492. The van der Waals surface area contributed by atoms with Gasteiger partial charge in [-0.1, -0.05) is 45.0 Å². The molecular formula is C20H24N2O2Si. The normalized spacial score (nSPS) is 12.4. The van der Waals surface area contributed by atoms with Crippen LogP contribution in [0.4, 0.5) is 0 Å². The van der Waals surface area contributed by atoms with Crippen molar-refractivity contribution in [2.24, 2.45) is 0 Å². The first-order valence-corrected chi connectivity index (χ1v) is 11.4. The second-order valence-corrected chi connectivity index (χ2v) is 12.5. The standard InChI is InChI=1S/C20H24N2O2Si/c1-20(2,3)25(4,5)24-15-10-8-9-14(13-15)18-21-17-12-7-6-11-16(17)19(23)22-18/h6-13H,1-5H3,(H,21,22,23). The van der Waals surface area contributed by atoms with E-state index in [0.29, 0.717) is 16.7 Å². The fourth-order valence-electron chi connectivity index (χ4n) is 2.38. The molecule has 2 aromatic carbocycles. The number of aromatic nitrogens is 2. The minimum absolute atomic E-state index is 0.124. The highest BCUT2D eigenvalue weighted by Crippen LogP contribution is 2.37. The maximum Gasteiger partial charge on any atom is 0.259 e. The predicted molar refractivity (Wildman–Crippen MR) is 106 cm³/mol. The van der Waals surface area contributed by atoms with E-state index in [1.165, 1.54) is 0 Å². The van der Waals surface area contributed by atoms with Gasteiger partial charge in [0.2, 0.25) is 8.32 Å². The van der Waals surface area contributed by atoms with Crippen LogP contribution < -0.4 is 9.99 Å². The van der Waals surface area contributed by atoms with Gasteiger partial charge in [-0.3, -0.25) is 4.79 Å². The Morgan fingerprint density at radius 1 is 1.04 bits per heavy atom. The van der Waals surface area contributed by atoms with Gasteiger partial charge in [0.05, 0.1) is 10.9 Å². The molecule has 0 radical (unpaired) electrons. The number of fused-ring (bicyclic) bond motifs is 1. The Kier molecular flexibility index (Phi) is 4.29. The van der Waals surface area contributed by atoms with E-state index in [0.717, 1.165) is 11.3 Å². The molecule has 3 rings (SSSR count). The molecule has 25 heavy (non-hydrogen) atoms. The summed E-state index contributed by atoms with van der Waals surface area (Å²) in [6.45, 7) is 11.1. The molecule has 1 N–H and O–H groups in total. The number of para-hydroxylation sites is 1. The van der Waals surface area contributed by atoms with Crippen LogP contribution in [0.3, 0.4) is 0 Å². The van der Waals surface area contributed by atoms with Crippen LogP contribution in [-0.4, -0.2) is 18.3 Å². The fraction of sp³-hybridized carbons (Fsp3) is 0.300. The molecule has 0 aliphatic carbocycles. The van der Waals surface area contributed by atoms with Crippen LogP contribution in [0.1, 0.15) is 20.8 Å². The van der Waals surface area contributed by atoms with Crippen molar-refractivity contribution in [2.45, 2.75) is 38.9 Å². The van der Waals surface area contributed by atoms with Crippen molar-refractivity contribution < 1.29 is 4.43 Å². The zero-order valence-corrected chi connectivity index (χ0v) is 16.4. The Bertz CT molecular complexity index is 971. The second-order valence-electron chi connectivity index (χ2n) is 7.82. The van der Waals surface area contributed by atoms with Crippen molar-refractivity contribution >= 4 is 19.2 Å². The first-order chi connectivity index (χ1) is 11.7. The van der Waals surface area contributed by atoms with Gasteiger partial charge in [-0.15, -0.1) is 0 Å². The van der Waals surface area contributed by atoms with E-state index < -0.39 is 8.32 Å². The van der Waals surface area contributed by atoms with Gasteiger partial charge in [0.15, 0.2) is 0 Å². The van der Waals surface area contributed by atoms with Crippen molar-refractivity contribution in [1.29, 1.82) is 0 Å². The number of hydrogen-bond donors (Lipinski definition) is 1. The number of aromatic amines is 1. The van der Waals surface area contributed by atoms with Gasteiger partial charge in [0.1, 0.15) is 11.6 Å². The summed E-state index contributed by atoms with van der Waals surface area (Å²) in [4.78, 5) is 19.8. The van der Waals surface area contributed by atoms with E-state index in [-0.39, 0.29) is 10.6 Å². The van der Waals surface area contributed by atoms with Crippen molar-refractivity contribution in [2.75, 3.05) is 0 Å². The molecule has 0 aliphatic heterocycles. The number of rotatable bonds is 3. The minimum Gasteiger partial charge on any atom is -0.543 e. The van der Waals surface area contributed by atoms with Crippen molar-refractivity contribution in [3.8, 4) is 17.1 Å². The molecule has 0 amide bonds. The van der Waals surface area contributed by atoms with Gasteiger partial charge < -0.3 is 9.41 Å². The molecule has 0 aliphatic rings. The van der Waals surface area contributed by atoms with Gasteiger partial charge in [-0.25, -0.2) is 4.98 Å². The maximum absolute atomic E-state index is 12.3. The molecule has 4 nitrogen and oxygen atoms in total. The molecular weight excluding hydrogens is 328 g/mol. The highest BCUT2D eigenvalue weighted by molar-refractivity contribution is 6.74. The van der Waals surface area contributed by atoms with Crippen molar-refractivity contribution in [3.63, 3.8) is 0 Å². The third kappa shape index (κ3) is 3.51. The first-order valence-electron chi connectivity index (χ1n) is 8.46. The molecule has 0 fully saturated rings. The third-order valence-electron chi connectivity index (χ3n) is 4.90. The number of hydrogen-bond acceptors (Lipinski definition) is 3. The first kappa shape index (κ1) is 17.4. The van der Waals surface area contributed by atoms with Crippen LogP contribution in [0.25, 0.3) is 22.3 Å². The van der Waals surface area contributed by atoms with Gasteiger partial charge in [0.25, 0.3) is 5.56 Å².